The van der Waals surface area contributed by atoms with Gasteiger partial charge in [-0.05, 0) is 18.2 Å². The maximum atomic E-state index is 14.0. The Balaban J connectivity index is 2.28. The molecule has 0 spiro atoms. The summed E-state index contributed by atoms with van der Waals surface area (Å²) in [5, 5.41) is 6.40. The van der Waals surface area contributed by atoms with Crippen molar-refractivity contribution in [2.24, 2.45) is 0 Å². The fraction of sp³-hybridized carbons (Fsp3) is 0.308. The zero-order chi connectivity index (χ0) is 13.7. The number of nitrogens with one attached hydrogen (secondary N) is 1. The average molecular weight is 301 g/mol. The Labute approximate surface area is 120 Å². The number of ether oxygens (including phenoxy) is 1. The molecule has 1 unspecified atom stereocenters. The Morgan fingerprint density at radius 1 is 1.53 bits per heavy atom. The molecule has 2 rings (SSSR count). The maximum Gasteiger partial charge on any atom is 0.128 e. The van der Waals surface area contributed by atoms with Crippen molar-refractivity contribution in [3.8, 4) is 0 Å². The minimum atomic E-state index is -0.311. The predicted octanol–water partition coefficient (Wildman–Crippen LogP) is 3.26. The summed E-state index contributed by atoms with van der Waals surface area (Å²) in [6, 6.07) is 4.22. The van der Waals surface area contributed by atoms with Crippen molar-refractivity contribution >= 4 is 22.9 Å². The Hall–Kier alpha value is -1.01. The van der Waals surface area contributed by atoms with E-state index in [1.165, 1.54) is 23.5 Å². The van der Waals surface area contributed by atoms with Gasteiger partial charge in [-0.1, -0.05) is 11.6 Å². The van der Waals surface area contributed by atoms with E-state index in [-0.39, 0.29) is 11.9 Å². The summed E-state index contributed by atoms with van der Waals surface area (Å²) < 4.78 is 19.0. The van der Waals surface area contributed by atoms with Crippen LogP contribution in [0, 0.1) is 5.82 Å². The van der Waals surface area contributed by atoms with Gasteiger partial charge in [0.25, 0.3) is 0 Å². The lowest BCUT2D eigenvalue weighted by molar-refractivity contribution is 0.197. The average Bonchev–Trinajstić information content (AvgIpc) is 2.92. The molecule has 0 fully saturated rings. The third-order valence-corrected chi connectivity index (χ3v) is 3.70. The zero-order valence-electron chi connectivity index (χ0n) is 10.4. The highest BCUT2D eigenvalue weighted by atomic mass is 35.5. The van der Waals surface area contributed by atoms with Crippen LogP contribution in [0.2, 0.25) is 5.02 Å². The molecule has 1 aromatic heterocycles. The molecule has 0 bridgehead atoms. The van der Waals surface area contributed by atoms with E-state index >= 15 is 0 Å². The van der Waals surface area contributed by atoms with Crippen LogP contribution in [-0.2, 0) is 4.74 Å². The fourth-order valence-electron chi connectivity index (χ4n) is 1.75. The third kappa shape index (κ3) is 3.73. The van der Waals surface area contributed by atoms with Crippen molar-refractivity contribution < 1.29 is 9.13 Å². The molecule has 6 heteroatoms. The summed E-state index contributed by atoms with van der Waals surface area (Å²) >= 11 is 7.42. The van der Waals surface area contributed by atoms with Crippen molar-refractivity contribution in [1.29, 1.82) is 0 Å². The van der Waals surface area contributed by atoms with Gasteiger partial charge in [0.05, 0.1) is 12.6 Å². The molecule has 0 saturated heterocycles. The SMILES string of the molecule is COCCNC(c1nccs1)c1cc(Cl)ccc1F. The lowest BCUT2D eigenvalue weighted by Crippen LogP contribution is -2.26. The van der Waals surface area contributed by atoms with Crippen LogP contribution in [0.5, 0.6) is 0 Å². The Morgan fingerprint density at radius 3 is 3.05 bits per heavy atom. The molecule has 1 N–H and O–H groups in total. The smallest absolute Gasteiger partial charge is 0.128 e. The topological polar surface area (TPSA) is 34.1 Å². The Bertz CT molecular complexity index is 521. The molecule has 19 heavy (non-hydrogen) atoms. The maximum absolute atomic E-state index is 14.0. The van der Waals surface area contributed by atoms with Crippen LogP contribution in [0.25, 0.3) is 0 Å². The van der Waals surface area contributed by atoms with Gasteiger partial charge in [-0.25, -0.2) is 9.37 Å². The number of benzene rings is 1. The number of aromatic nitrogens is 1. The minimum Gasteiger partial charge on any atom is -0.383 e. The van der Waals surface area contributed by atoms with Crippen LogP contribution in [0.3, 0.4) is 0 Å². The second kappa shape index (κ2) is 6.96. The first-order valence-electron chi connectivity index (χ1n) is 5.79. The van der Waals surface area contributed by atoms with Crippen molar-refractivity contribution in [2.75, 3.05) is 20.3 Å². The number of rotatable bonds is 6. The molecule has 0 aliphatic carbocycles. The minimum absolute atomic E-state index is 0.297. The molecular weight excluding hydrogens is 287 g/mol. The summed E-state index contributed by atoms with van der Waals surface area (Å²) in [6.45, 7) is 1.15. The first-order chi connectivity index (χ1) is 9.22. The van der Waals surface area contributed by atoms with Crippen LogP contribution in [0.4, 0.5) is 4.39 Å². The standard InChI is InChI=1S/C13H14ClFN2OS/c1-18-6-4-16-12(13-17-5-7-19-13)10-8-9(14)2-3-11(10)15/h2-3,5,7-8,12,16H,4,6H2,1H3. The summed E-state index contributed by atoms with van der Waals surface area (Å²) in [6.07, 6.45) is 1.70. The summed E-state index contributed by atoms with van der Waals surface area (Å²) in [7, 11) is 1.63. The molecule has 0 aliphatic rings. The van der Waals surface area contributed by atoms with Gasteiger partial charge in [-0.15, -0.1) is 11.3 Å². The molecule has 1 aromatic carbocycles. The normalized spacial score (nSPS) is 12.6. The van der Waals surface area contributed by atoms with Gasteiger partial charge in [0.2, 0.25) is 0 Å². The van der Waals surface area contributed by atoms with Crippen LogP contribution >= 0.6 is 22.9 Å². The molecule has 1 heterocycles. The summed E-state index contributed by atoms with van der Waals surface area (Å²) in [5.41, 5.74) is 0.499. The predicted molar refractivity (Wildman–Crippen MR) is 75.2 cm³/mol. The van der Waals surface area contributed by atoms with Crippen LogP contribution in [-0.4, -0.2) is 25.2 Å². The number of nitrogens with zero attached hydrogens (tertiary/aromatic N) is 1. The quantitative estimate of drug-likeness (QED) is 0.832. The highest BCUT2D eigenvalue weighted by Crippen LogP contribution is 2.28. The van der Waals surface area contributed by atoms with Gasteiger partial charge < -0.3 is 10.1 Å². The lowest BCUT2D eigenvalue weighted by atomic mass is 10.1. The zero-order valence-corrected chi connectivity index (χ0v) is 12.0. The number of hydrogen-bond acceptors (Lipinski definition) is 4. The van der Waals surface area contributed by atoms with Gasteiger partial charge in [0.1, 0.15) is 10.8 Å². The lowest BCUT2D eigenvalue weighted by Gasteiger charge is -2.17. The van der Waals surface area contributed by atoms with Crippen LogP contribution in [0.1, 0.15) is 16.6 Å². The monoisotopic (exact) mass is 300 g/mol. The number of halogens is 2. The second-order valence-corrected chi connectivity index (χ2v) is 5.28. The number of methoxy groups -OCH3 is 1. The van der Waals surface area contributed by atoms with Crippen molar-refractivity contribution in [3.63, 3.8) is 0 Å². The van der Waals surface area contributed by atoms with Crippen LogP contribution in [0.15, 0.2) is 29.8 Å². The van der Waals surface area contributed by atoms with E-state index in [1.54, 1.807) is 19.4 Å². The third-order valence-electron chi connectivity index (χ3n) is 2.62. The van der Waals surface area contributed by atoms with Crippen LogP contribution < -0.4 is 5.32 Å². The first kappa shape index (κ1) is 14.4. The molecule has 0 saturated carbocycles. The highest BCUT2D eigenvalue weighted by molar-refractivity contribution is 7.09. The van der Waals surface area contributed by atoms with E-state index in [9.17, 15) is 4.39 Å². The van der Waals surface area contributed by atoms with Crippen molar-refractivity contribution in [2.45, 2.75) is 6.04 Å². The molecule has 0 aliphatic heterocycles. The van der Waals surface area contributed by atoms with Gasteiger partial charge >= 0.3 is 0 Å². The van der Waals surface area contributed by atoms with E-state index in [1.807, 2.05) is 5.38 Å². The second-order valence-electron chi connectivity index (χ2n) is 3.92. The van der Waals surface area contributed by atoms with E-state index in [4.69, 9.17) is 16.3 Å². The van der Waals surface area contributed by atoms with E-state index < -0.39 is 0 Å². The molecule has 102 valence electrons. The van der Waals surface area contributed by atoms with E-state index in [0.29, 0.717) is 23.7 Å². The van der Waals surface area contributed by atoms with E-state index in [0.717, 1.165) is 5.01 Å². The Kier molecular flexibility index (Phi) is 5.27. The molecule has 0 amide bonds. The number of hydrogen-bond donors (Lipinski definition) is 1. The fourth-order valence-corrected chi connectivity index (χ4v) is 2.66. The van der Waals surface area contributed by atoms with Crippen molar-refractivity contribution in [1.82, 2.24) is 10.3 Å². The highest BCUT2D eigenvalue weighted by Gasteiger charge is 2.20. The van der Waals surface area contributed by atoms with Crippen molar-refractivity contribution in [3.05, 3.63) is 51.2 Å². The summed E-state index contributed by atoms with van der Waals surface area (Å²) in [4.78, 5) is 4.25. The molecular formula is C13H14ClFN2OS. The van der Waals surface area contributed by atoms with Gasteiger partial charge in [0, 0.05) is 35.8 Å². The van der Waals surface area contributed by atoms with E-state index in [2.05, 4.69) is 10.3 Å². The van der Waals surface area contributed by atoms with Gasteiger partial charge in [-0.3, -0.25) is 0 Å². The Morgan fingerprint density at radius 2 is 2.37 bits per heavy atom. The largest absolute Gasteiger partial charge is 0.383 e. The van der Waals surface area contributed by atoms with Gasteiger partial charge in [0.15, 0.2) is 0 Å². The first-order valence-corrected chi connectivity index (χ1v) is 7.05. The summed E-state index contributed by atoms with van der Waals surface area (Å²) in [5.74, 6) is -0.297. The molecule has 3 nitrogen and oxygen atoms in total. The number of thiazole rings is 1. The molecule has 2 aromatic rings. The molecule has 0 radical (unpaired) electrons. The van der Waals surface area contributed by atoms with Gasteiger partial charge in [-0.2, -0.15) is 0 Å². The molecule has 1 atom stereocenters.